The van der Waals surface area contributed by atoms with Gasteiger partial charge >= 0.3 is 0 Å². The molecule has 3 N–H and O–H groups in total. The Morgan fingerprint density at radius 1 is 1.29 bits per heavy atom. The van der Waals surface area contributed by atoms with E-state index in [4.69, 9.17) is 5.73 Å². The number of aliphatic imine (C=N–C) groups is 1. The smallest absolute Gasteiger partial charge is 0.188 e. The van der Waals surface area contributed by atoms with Crippen LogP contribution in [-0.2, 0) is 13.1 Å². The van der Waals surface area contributed by atoms with E-state index in [1.165, 1.54) is 37.1 Å². The molecule has 0 amide bonds. The summed E-state index contributed by atoms with van der Waals surface area (Å²) < 4.78 is 0. The minimum atomic E-state index is 0. The van der Waals surface area contributed by atoms with Crippen LogP contribution in [0, 0.1) is 5.92 Å². The number of rotatable bonds is 7. The number of piperidine rings is 1. The molecule has 0 bridgehead atoms. The SMILES string of the molecule is CCCCNC(N)=NCc1cccc(CN2CCC(C)CC2)c1.I. The van der Waals surface area contributed by atoms with Crippen molar-refractivity contribution in [3.8, 4) is 0 Å². The minimum Gasteiger partial charge on any atom is -0.370 e. The standard InChI is InChI=1S/C19H32N4.HI/c1-3-4-10-21-19(20)22-14-17-6-5-7-18(13-17)15-23-11-8-16(2)9-12-23;/h5-7,13,16H,3-4,8-12,14-15H2,1-2H3,(H3,20,21,22);1H. The highest BCUT2D eigenvalue weighted by Crippen LogP contribution is 2.18. The zero-order valence-electron chi connectivity index (χ0n) is 15.1. The first-order chi connectivity index (χ1) is 11.2. The van der Waals surface area contributed by atoms with Gasteiger partial charge < -0.3 is 11.1 Å². The topological polar surface area (TPSA) is 53.6 Å². The Morgan fingerprint density at radius 2 is 2.00 bits per heavy atom. The first-order valence-corrected chi connectivity index (χ1v) is 9.01. The van der Waals surface area contributed by atoms with Crippen LogP contribution in [0.4, 0.5) is 0 Å². The summed E-state index contributed by atoms with van der Waals surface area (Å²) in [5.74, 6) is 1.43. The Morgan fingerprint density at radius 3 is 2.71 bits per heavy atom. The van der Waals surface area contributed by atoms with Gasteiger partial charge in [0, 0.05) is 13.1 Å². The summed E-state index contributed by atoms with van der Waals surface area (Å²) in [4.78, 5) is 6.99. The van der Waals surface area contributed by atoms with E-state index in [0.717, 1.165) is 31.8 Å². The summed E-state index contributed by atoms with van der Waals surface area (Å²) in [6.45, 7) is 9.57. The summed E-state index contributed by atoms with van der Waals surface area (Å²) in [7, 11) is 0. The number of guanidine groups is 1. The van der Waals surface area contributed by atoms with Gasteiger partial charge in [0.25, 0.3) is 0 Å². The molecule has 1 fully saturated rings. The number of unbranched alkanes of at least 4 members (excludes halogenated alkanes) is 1. The molecule has 2 rings (SSSR count). The van der Waals surface area contributed by atoms with E-state index in [-0.39, 0.29) is 24.0 Å². The Balaban J connectivity index is 0.00000288. The van der Waals surface area contributed by atoms with Crippen molar-refractivity contribution in [1.29, 1.82) is 0 Å². The van der Waals surface area contributed by atoms with Crippen molar-refractivity contribution in [3.05, 3.63) is 35.4 Å². The molecule has 0 radical (unpaired) electrons. The van der Waals surface area contributed by atoms with Crippen LogP contribution in [0.15, 0.2) is 29.3 Å². The van der Waals surface area contributed by atoms with Crippen LogP contribution in [-0.4, -0.2) is 30.5 Å². The van der Waals surface area contributed by atoms with Crippen molar-refractivity contribution in [3.63, 3.8) is 0 Å². The molecule has 4 nitrogen and oxygen atoms in total. The highest BCUT2D eigenvalue weighted by atomic mass is 127. The molecule has 0 unspecified atom stereocenters. The molecular weight excluding hydrogens is 411 g/mol. The van der Waals surface area contributed by atoms with Gasteiger partial charge in [-0.15, -0.1) is 24.0 Å². The van der Waals surface area contributed by atoms with Crippen molar-refractivity contribution in [2.24, 2.45) is 16.6 Å². The Labute approximate surface area is 164 Å². The summed E-state index contributed by atoms with van der Waals surface area (Å²) in [6.07, 6.45) is 4.94. The van der Waals surface area contributed by atoms with Crippen LogP contribution in [0.25, 0.3) is 0 Å². The van der Waals surface area contributed by atoms with Crippen molar-refractivity contribution in [2.45, 2.75) is 52.6 Å². The molecule has 1 aromatic carbocycles. The molecule has 0 aliphatic carbocycles. The van der Waals surface area contributed by atoms with Crippen molar-refractivity contribution in [1.82, 2.24) is 10.2 Å². The fourth-order valence-corrected chi connectivity index (χ4v) is 2.93. The van der Waals surface area contributed by atoms with E-state index in [2.05, 4.69) is 53.3 Å². The van der Waals surface area contributed by atoms with Crippen LogP contribution < -0.4 is 11.1 Å². The first-order valence-electron chi connectivity index (χ1n) is 9.01. The van der Waals surface area contributed by atoms with Crippen LogP contribution in [0.5, 0.6) is 0 Å². The summed E-state index contributed by atoms with van der Waals surface area (Å²) >= 11 is 0. The van der Waals surface area contributed by atoms with Crippen LogP contribution in [0.1, 0.15) is 50.7 Å². The monoisotopic (exact) mass is 444 g/mol. The number of nitrogens with zero attached hydrogens (tertiary/aromatic N) is 2. The number of likely N-dealkylation sites (tertiary alicyclic amines) is 1. The highest BCUT2D eigenvalue weighted by Gasteiger charge is 2.15. The molecule has 24 heavy (non-hydrogen) atoms. The molecule has 1 aliphatic rings. The van der Waals surface area contributed by atoms with E-state index in [1.54, 1.807) is 0 Å². The van der Waals surface area contributed by atoms with E-state index >= 15 is 0 Å². The van der Waals surface area contributed by atoms with E-state index in [0.29, 0.717) is 12.5 Å². The fourth-order valence-electron chi connectivity index (χ4n) is 2.93. The largest absolute Gasteiger partial charge is 0.370 e. The maximum Gasteiger partial charge on any atom is 0.188 e. The van der Waals surface area contributed by atoms with Gasteiger partial charge in [0.15, 0.2) is 5.96 Å². The van der Waals surface area contributed by atoms with Gasteiger partial charge in [-0.25, -0.2) is 4.99 Å². The molecule has 0 saturated carbocycles. The lowest BCUT2D eigenvalue weighted by Gasteiger charge is -2.30. The van der Waals surface area contributed by atoms with E-state index < -0.39 is 0 Å². The third-order valence-electron chi connectivity index (χ3n) is 4.54. The van der Waals surface area contributed by atoms with Gasteiger partial charge in [0.2, 0.25) is 0 Å². The molecule has 0 atom stereocenters. The van der Waals surface area contributed by atoms with Gasteiger partial charge in [-0.2, -0.15) is 0 Å². The molecule has 1 saturated heterocycles. The third-order valence-corrected chi connectivity index (χ3v) is 4.54. The van der Waals surface area contributed by atoms with E-state index in [1.807, 2.05) is 0 Å². The minimum absolute atomic E-state index is 0. The second-order valence-corrected chi connectivity index (χ2v) is 6.76. The lowest BCUT2D eigenvalue weighted by Crippen LogP contribution is -2.32. The van der Waals surface area contributed by atoms with Crippen molar-refractivity contribution < 1.29 is 0 Å². The number of benzene rings is 1. The number of hydrogen-bond acceptors (Lipinski definition) is 2. The molecule has 136 valence electrons. The average molecular weight is 444 g/mol. The molecule has 1 aliphatic heterocycles. The molecule has 1 aromatic rings. The second kappa shape index (κ2) is 11.7. The predicted octanol–water partition coefficient (Wildman–Crippen LogP) is 3.74. The zero-order valence-corrected chi connectivity index (χ0v) is 17.5. The summed E-state index contributed by atoms with van der Waals surface area (Å²) in [6, 6.07) is 8.74. The number of nitrogens with one attached hydrogen (secondary N) is 1. The van der Waals surface area contributed by atoms with Gasteiger partial charge in [0.05, 0.1) is 6.54 Å². The lowest BCUT2D eigenvalue weighted by molar-refractivity contribution is 0.185. The molecule has 0 spiro atoms. The van der Waals surface area contributed by atoms with Gasteiger partial charge in [0.1, 0.15) is 0 Å². The normalized spacial score (nSPS) is 16.7. The second-order valence-electron chi connectivity index (χ2n) is 6.76. The van der Waals surface area contributed by atoms with Crippen molar-refractivity contribution in [2.75, 3.05) is 19.6 Å². The van der Waals surface area contributed by atoms with E-state index in [9.17, 15) is 0 Å². The first kappa shape index (κ1) is 21.2. The fraction of sp³-hybridized carbons (Fsp3) is 0.632. The maximum atomic E-state index is 5.89. The average Bonchev–Trinajstić information content (AvgIpc) is 2.56. The van der Waals surface area contributed by atoms with Gasteiger partial charge in [-0.1, -0.05) is 44.5 Å². The number of halogens is 1. The summed E-state index contributed by atoms with van der Waals surface area (Å²) in [5, 5.41) is 3.16. The molecular formula is C19H33IN4. The quantitative estimate of drug-likeness (QED) is 0.292. The molecule has 0 aromatic heterocycles. The number of hydrogen-bond donors (Lipinski definition) is 2. The molecule has 5 heteroatoms. The maximum absolute atomic E-state index is 5.89. The van der Waals surface area contributed by atoms with Gasteiger partial charge in [-0.05, 0) is 49.4 Å². The highest BCUT2D eigenvalue weighted by molar-refractivity contribution is 14.0. The van der Waals surface area contributed by atoms with Crippen molar-refractivity contribution >= 4 is 29.9 Å². The molecule has 1 heterocycles. The van der Waals surface area contributed by atoms with Gasteiger partial charge in [-0.3, -0.25) is 4.90 Å². The van der Waals surface area contributed by atoms with Crippen LogP contribution >= 0.6 is 24.0 Å². The zero-order chi connectivity index (χ0) is 16.5. The number of nitrogens with two attached hydrogens (primary N) is 1. The lowest BCUT2D eigenvalue weighted by atomic mass is 9.98. The Hall–Kier alpha value is -0.820. The predicted molar refractivity (Wildman–Crippen MR) is 114 cm³/mol. The summed E-state index contributed by atoms with van der Waals surface area (Å²) in [5.41, 5.74) is 8.50. The Kier molecular flexibility index (Phi) is 10.3. The third kappa shape index (κ3) is 7.83. The van der Waals surface area contributed by atoms with Crippen LogP contribution in [0.2, 0.25) is 0 Å². The van der Waals surface area contributed by atoms with Crippen LogP contribution in [0.3, 0.4) is 0 Å². The Bertz CT molecular complexity index is 496.